The number of rotatable bonds is 18. The summed E-state index contributed by atoms with van der Waals surface area (Å²) in [7, 11) is 0. The van der Waals surface area contributed by atoms with Crippen LogP contribution >= 0.6 is 0 Å². The minimum Gasteiger partial charge on any atom is -0.457 e. The first kappa shape index (κ1) is 44.0. The summed E-state index contributed by atoms with van der Waals surface area (Å²) < 4.78 is 20.9. The Kier molecular flexibility index (Phi) is 16.5. The van der Waals surface area contributed by atoms with Crippen LogP contribution in [0.5, 0.6) is 17.2 Å². The molecule has 10 nitrogen and oxygen atoms in total. The Labute approximate surface area is 342 Å². The Morgan fingerprint density at radius 2 is 0.898 bits per heavy atom. The molecule has 5 aromatic rings. The van der Waals surface area contributed by atoms with Crippen LogP contribution in [0.25, 0.3) is 11.1 Å². The topological polar surface area (TPSA) is 139 Å². The highest BCUT2D eigenvalue weighted by molar-refractivity contribution is 5.94. The standard InChI is InChI=1S/C29H24O8.C20H18O2/c1-4-23(30)17-20-6-8-21(9-7-20)29(33)37-26-15-14-25(16-19(26)3)36-28(32)22-10-12-24(13-11-22)34-18-35-27(31)5-2;1-3-19(21)13-15-5-9-17(10-6-15)18-11-7-16(8-12-18)14-20(22)4-2/h4-16H,1-2,17-18H2,3H3;3-12H,1-2,13-14H2. The molecule has 10 heteroatoms. The predicted molar refractivity (Wildman–Crippen MR) is 224 cm³/mol. The molecule has 0 heterocycles. The van der Waals surface area contributed by atoms with Crippen molar-refractivity contribution in [3.63, 3.8) is 0 Å². The first-order chi connectivity index (χ1) is 28.4. The molecule has 0 atom stereocenters. The first-order valence-corrected chi connectivity index (χ1v) is 18.2. The minimum atomic E-state index is -0.608. The van der Waals surface area contributed by atoms with Crippen LogP contribution in [0, 0.1) is 6.92 Å². The number of carbonyl (C=O) groups excluding carboxylic acids is 6. The zero-order chi connectivity index (χ0) is 42.7. The van der Waals surface area contributed by atoms with Gasteiger partial charge in [-0.15, -0.1) is 0 Å². The van der Waals surface area contributed by atoms with E-state index in [-0.39, 0.29) is 41.9 Å². The fourth-order valence-corrected chi connectivity index (χ4v) is 5.24. The molecule has 0 spiro atoms. The molecular formula is C49H42O10. The van der Waals surface area contributed by atoms with Crippen molar-refractivity contribution in [2.75, 3.05) is 6.79 Å². The number of hydrogen-bond acceptors (Lipinski definition) is 10. The smallest absolute Gasteiger partial charge is 0.343 e. The number of ether oxygens (including phenoxy) is 4. The molecule has 5 rings (SSSR count). The largest absolute Gasteiger partial charge is 0.457 e. The second-order valence-corrected chi connectivity index (χ2v) is 12.8. The van der Waals surface area contributed by atoms with Gasteiger partial charge in [0.25, 0.3) is 0 Å². The van der Waals surface area contributed by atoms with Gasteiger partial charge in [0.1, 0.15) is 17.2 Å². The highest BCUT2D eigenvalue weighted by Gasteiger charge is 2.14. The summed E-state index contributed by atoms with van der Waals surface area (Å²) in [6.45, 7) is 15.1. The van der Waals surface area contributed by atoms with Crippen LogP contribution in [0.1, 0.15) is 43.0 Å². The summed E-state index contributed by atoms with van der Waals surface area (Å²) in [5, 5.41) is 0. The average molecular weight is 791 g/mol. The Morgan fingerprint density at radius 3 is 1.32 bits per heavy atom. The van der Waals surface area contributed by atoms with Crippen LogP contribution in [0.4, 0.5) is 0 Å². The van der Waals surface area contributed by atoms with Crippen LogP contribution < -0.4 is 14.2 Å². The summed E-state index contributed by atoms with van der Waals surface area (Å²) in [5.74, 6) is -0.849. The molecule has 0 bridgehead atoms. The van der Waals surface area contributed by atoms with Crippen LogP contribution in [-0.2, 0) is 43.2 Å². The third-order valence-electron chi connectivity index (χ3n) is 8.49. The zero-order valence-corrected chi connectivity index (χ0v) is 32.5. The molecule has 5 aromatic carbocycles. The maximum Gasteiger partial charge on any atom is 0.343 e. The van der Waals surface area contributed by atoms with E-state index in [4.69, 9.17) is 18.9 Å². The highest BCUT2D eigenvalue weighted by atomic mass is 16.7. The van der Waals surface area contributed by atoms with E-state index in [2.05, 4.69) is 26.3 Å². The van der Waals surface area contributed by atoms with Gasteiger partial charge in [0, 0.05) is 25.3 Å². The normalized spacial score (nSPS) is 10.1. The predicted octanol–water partition coefficient (Wildman–Crippen LogP) is 8.75. The molecule has 0 radical (unpaired) electrons. The van der Waals surface area contributed by atoms with Crippen molar-refractivity contribution < 1.29 is 47.7 Å². The lowest BCUT2D eigenvalue weighted by atomic mass is 9.99. The summed E-state index contributed by atoms with van der Waals surface area (Å²) in [4.78, 5) is 70.1. The van der Waals surface area contributed by atoms with Crippen molar-refractivity contribution in [2.45, 2.75) is 26.2 Å². The molecule has 0 saturated carbocycles. The van der Waals surface area contributed by atoms with E-state index in [1.165, 1.54) is 54.6 Å². The van der Waals surface area contributed by atoms with Gasteiger partial charge in [-0.3, -0.25) is 14.4 Å². The van der Waals surface area contributed by atoms with Crippen LogP contribution in [0.15, 0.2) is 166 Å². The zero-order valence-electron chi connectivity index (χ0n) is 32.5. The molecule has 298 valence electrons. The van der Waals surface area contributed by atoms with Crippen molar-refractivity contribution in [3.05, 3.63) is 199 Å². The molecule has 0 aliphatic carbocycles. The van der Waals surface area contributed by atoms with Gasteiger partial charge in [0.15, 0.2) is 17.3 Å². The number of hydrogen-bond donors (Lipinski definition) is 0. The number of benzene rings is 5. The second-order valence-electron chi connectivity index (χ2n) is 12.8. The van der Waals surface area contributed by atoms with E-state index < -0.39 is 17.9 Å². The Bertz CT molecular complexity index is 2270. The molecule has 0 aliphatic rings. The van der Waals surface area contributed by atoms with Crippen LogP contribution in [0.3, 0.4) is 0 Å². The molecule has 0 amide bonds. The van der Waals surface area contributed by atoms with Gasteiger partial charge in [-0.1, -0.05) is 87.0 Å². The minimum absolute atomic E-state index is 0.0176. The second kappa shape index (κ2) is 22.1. The molecule has 0 fully saturated rings. The maximum absolute atomic E-state index is 12.5. The molecule has 0 saturated heterocycles. The average Bonchev–Trinajstić information content (AvgIpc) is 3.25. The third-order valence-corrected chi connectivity index (χ3v) is 8.49. The number of carbonyl (C=O) groups is 6. The van der Waals surface area contributed by atoms with E-state index in [0.717, 1.165) is 33.9 Å². The van der Waals surface area contributed by atoms with Crippen molar-refractivity contribution in [1.82, 2.24) is 0 Å². The van der Waals surface area contributed by atoms with Gasteiger partial charge >= 0.3 is 17.9 Å². The molecule has 0 aromatic heterocycles. The van der Waals surface area contributed by atoms with Crippen molar-refractivity contribution in [3.8, 4) is 28.4 Å². The SMILES string of the molecule is C=CC(=O)Cc1ccc(-c2ccc(CC(=O)C=C)cc2)cc1.C=CC(=O)Cc1ccc(C(=O)Oc2ccc(OC(=O)c3ccc(OCOC(=O)C=C)cc3)cc2C)cc1. The van der Waals surface area contributed by atoms with E-state index in [9.17, 15) is 28.8 Å². The van der Waals surface area contributed by atoms with Gasteiger partial charge in [-0.25, -0.2) is 14.4 Å². The van der Waals surface area contributed by atoms with Gasteiger partial charge in [0.2, 0.25) is 6.79 Å². The molecular weight excluding hydrogens is 749 g/mol. The van der Waals surface area contributed by atoms with E-state index >= 15 is 0 Å². The van der Waals surface area contributed by atoms with Gasteiger partial charge in [-0.2, -0.15) is 0 Å². The van der Waals surface area contributed by atoms with Gasteiger partial charge in [0.05, 0.1) is 11.1 Å². The summed E-state index contributed by atoms with van der Waals surface area (Å²) >= 11 is 0. The number of aryl methyl sites for hydroxylation is 1. The Balaban J connectivity index is 0.000000297. The lowest BCUT2D eigenvalue weighted by molar-refractivity contribution is -0.144. The lowest BCUT2D eigenvalue weighted by Gasteiger charge is -2.10. The summed E-state index contributed by atoms with van der Waals surface area (Å²) in [6.07, 6.45) is 5.94. The van der Waals surface area contributed by atoms with Crippen molar-refractivity contribution in [2.24, 2.45) is 0 Å². The van der Waals surface area contributed by atoms with Gasteiger partial charge < -0.3 is 18.9 Å². The van der Waals surface area contributed by atoms with Crippen molar-refractivity contribution in [1.29, 1.82) is 0 Å². The van der Waals surface area contributed by atoms with E-state index in [1.54, 1.807) is 37.3 Å². The fraction of sp³-hybridized carbons (Fsp3) is 0.102. The van der Waals surface area contributed by atoms with Crippen molar-refractivity contribution >= 4 is 35.3 Å². The molecule has 0 N–H and O–H groups in total. The van der Waals surface area contributed by atoms with Crippen LogP contribution in [0.2, 0.25) is 0 Å². The number of esters is 3. The van der Waals surface area contributed by atoms with Crippen LogP contribution in [-0.4, -0.2) is 42.1 Å². The third kappa shape index (κ3) is 14.1. The fourth-order valence-electron chi connectivity index (χ4n) is 5.24. The Hall–Kier alpha value is -7.72. The first-order valence-electron chi connectivity index (χ1n) is 18.2. The van der Waals surface area contributed by atoms with Gasteiger partial charge in [-0.05, 0) is 113 Å². The lowest BCUT2D eigenvalue weighted by Crippen LogP contribution is -2.11. The molecule has 0 aliphatic heterocycles. The van der Waals surface area contributed by atoms with E-state index in [1.807, 2.05) is 48.5 Å². The summed E-state index contributed by atoms with van der Waals surface area (Å²) in [6, 6.07) is 33.1. The maximum atomic E-state index is 12.5. The monoisotopic (exact) mass is 790 g/mol. The summed E-state index contributed by atoms with van der Waals surface area (Å²) in [5.41, 5.74) is 6.07. The number of allylic oxidation sites excluding steroid dienone is 3. The molecule has 59 heavy (non-hydrogen) atoms. The molecule has 0 unspecified atom stereocenters. The Morgan fingerprint density at radius 1 is 0.492 bits per heavy atom. The quantitative estimate of drug-likeness (QED) is 0.0366. The van der Waals surface area contributed by atoms with E-state index in [0.29, 0.717) is 35.5 Å². The highest BCUT2D eigenvalue weighted by Crippen LogP contribution is 2.26. The number of ketones is 3.